The van der Waals surface area contributed by atoms with E-state index in [4.69, 9.17) is 9.72 Å². The number of ether oxygens (including phenoxy) is 1. The Kier molecular flexibility index (Phi) is 8.49. The third-order valence-electron chi connectivity index (χ3n) is 6.38. The highest BCUT2D eigenvalue weighted by atomic mass is 19.1. The molecule has 1 N–H and O–H groups in total. The van der Waals surface area contributed by atoms with Crippen LogP contribution < -0.4 is 10.1 Å². The molecule has 206 valence electrons. The quantitative estimate of drug-likeness (QED) is 0.220. The minimum atomic E-state index is -0.645. The van der Waals surface area contributed by atoms with Crippen molar-refractivity contribution in [1.82, 2.24) is 14.5 Å². The monoisotopic (exact) mass is 548 g/mol. The van der Waals surface area contributed by atoms with Crippen LogP contribution in [-0.4, -0.2) is 39.4 Å². The summed E-state index contributed by atoms with van der Waals surface area (Å²) < 4.78 is 22.0. The van der Waals surface area contributed by atoms with E-state index in [0.717, 1.165) is 16.8 Å². The standard InChI is InChI=1S/C33H29FN4O3/c1-2-41-27-17-11-16-26(20-27)38-22-30(25-14-7-4-8-15-25)35-33(38)36-31(39)23-37(21-24-12-5-3-6-13-24)32(40)28-18-9-10-19-29(28)34/h3-20,22H,2,21,23H2,1H3,(H,35,36,39). The summed E-state index contributed by atoms with van der Waals surface area (Å²) in [5.41, 5.74) is 2.99. The van der Waals surface area contributed by atoms with Gasteiger partial charge in [0.05, 0.1) is 23.6 Å². The lowest BCUT2D eigenvalue weighted by atomic mass is 10.1. The number of imidazole rings is 1. The number of aromatic nitrogens is 2. The molecule has 0 aliphatic heterocycles. The second-order valence-electron chi connectivity index (χ2n) is 9.29. The molecule has 0 saturated carbocycles. The zero-order valence-electron chi connectivity index (χ0n) is 22.5. The van der Waals surface area contributed by atoms with Crippen molar-refractivity contribution in [1.29, 1.82) is 0 Å². The summed E-state index contributed by atoms with van der Waals surface area (Å²) in [6.07, 6.45) is 1.84. The smallest absolute Gasteiger partial charge is 0.257 e. The van der Waals surface area contributed by atoms with Crippen LogP contribution in [-0.2, 0) is 11.3 Å². The molecule has 41 heavy (non-hydrogen) atoms. The third kappa shape index (κ3) is 6.67. The molecule has 5 aromatic rings. The number of amides is 2. The molecule has 0 radical (unpaired) electrons. The van der Waals surface area contributed by atoms with Crippen LogP contribution >= 0.6 is 0 Å². The van der Waals surface area contributed by atoms with Crippen molar-refractivity contribution >= 4 is 17.8 Å². The van der Waals surface area contributed by atoms with Crippen LogP contribution in [0.3, 0.4) is 0 Å². The first-order chi connectivity index (χ1) is 20.0. The lowest BCUT2D eigenvalue weighted by Gasteiger charge is -2.23. The number of rotatable bonds is 10. The summed E-state index contributed by atoms with van der Waals surface area (Å²) in [4.78, 5) is 32.9. The Morgan fingerprint density at radius 3 is 2.34 bits per heavy atom. The first kappa shape index (κ1) is 27.3. The average Bonchev–Trinajstić information content (AvgIpc) is 3.41. The summed E-state index contributed by atoms with van der Waals surface area (Å²) in [5, 5.41) is 2.87. The summed E-state index contributed by atoms with van der Waals surface area (Å²) in [6.45, 7) is 2.24. The van der Waals surface area contributed by atoms with Gasteiger partial charge < -0.3 is 9.64 Å². The van der Waals surface area contributed by atoms with Gasteiger partial charge >= 0.3 is 0 Å². The zero-order chi connectivity index (χ0) is 28.6. The summed E-state index contributed by atoms with van der Waals surface area (Å²) in [7, 11) is 0. The van der Waals surface area contributed by atoms with Gasteiger partial charge in [-0.05, 0) is 36.8 Å². The van der Waals surface area contributed by atoms with Crippen molar-refractivity contribution < 1.29 is 18.7 Å². The lowest BCUT2D eigenvalue weighted by molar-refractivity contribution is -0.117. The Balaban J connectivity index is 1.45. The van der Waals surface area contributed by atoms with Gasteiger partial charge in [-0.3, -0.25) is 19.5 Å². The molecule has 0 unspecified atom stereocenters. The van der Waals surface area contributed by atoms with Crippen molar-refractivity contribution in [3.8, 4) is 22.7 Å². The summed E-state index contributed by atoms with van der Waals surface area (Å²) in [6, 6.07) is 32.1. The molecule has 7 nitrogen and oxygen atoms in total. The number of halogens is 1. The molecule has 0 aliphatic carbocycles. The Labute approximate surface area is 237 Å². The van der Waals surface area contributed by atoms with Crippen molar-refractivity contribution in [3.63, 3.8) is 0 Å². The lowest BCUT2D eigenvalue weighted by Crippen LogP contribution is -2.38. The molecule has 1 heterocycles. The van der Waals surface area contributed by atoms with Gasteiger partial charge in [-0.25, -0.2) is 9.37 Å². The maximum atomic E-state index is 14.5. The van der Waals surface area contributed by atoms with Gasteiger partial charge in [-0.1, -0.05) is 78.9 Å². The zero-order valence-corrected chi connectivity index (χ0v) is 22.5. The van der Waals surface area contributed by atoms with Gasteiger partial charge in [0.1, 0.15) is 18.1 Å². The highest BCUT2D eigenvalue weighted by molar-refractivity contribution is 5.99. The minimum Gasteiger partial charge on any atom is -0.494 e. The van der Waals surface area contributed by atoms with E-state index in [-0.39, 0.29) is 24.6 Å². The second-order valence-corrected chi connectivity index (χ2v) is 9.29. The number of carbonyl (C=O) groups excluding carboxylic acids is 2. The first-order valence-corrected chi connectivity index (χ1v) is 13.3. The number of benzene rings is 4. The average molecular weight is 549 g/mol. The van der Waals surface area contributed by atoms with Gasteiger partial charge in [0.15, 0.2) is 0 Å². The van der Waals surface area contributed by atoms with Crippen LogP contribution in [0.25, 0.3) is 16.9 Å². The van der Waals surface area contributed by atoms with Crippen LogP contribution in [0, 0.1) is 5.82 Å². The van der Waals surface area contributed by atoms with Crippen LogP contribution in [0.5, 0.6) is 5.75 Å². The minimum absolute atomic E-state index is 0.100. The SMILES string of the molecule is CCOc1cccc(-n2cc(-c3ccccc3)nc2NC(=O)CN(Cc2ccccc2)C(=O)c2ccccc2F)c1. The van der Waals surface area contributed by atoms with Crippen molar-refractivity contribution in [2.45, 2.75) is 13.5 Å². The van der Waals surface area contributed by atoms with Gasteiger partial charge in [0.25, 0.3) is 5.91 Å². The molecule has 4 aromatic carbocycles. The summed E-state index contributed by atoms with van der Waals surface area (Å²) >= 11 is 0. The largest absolute Gasteiger partial charge is 0.494 e. The van der Waals surface area contributed by atoms with E-state index in [1.165, 1.54) is 23.1 Å². The fourth-order valence-corrected chi connectivity index (χ4v) is 4.45. The first-order valence-electron chi connectivity index (χ1n) is 13.3. The fourth-order valence-electron chi connectivity index (χ4n) is 4.45. The van der Waals surface area contributed by atoms with Crippen LogP contribution in [0.1, 0.15) is 22.8 Å². The normalized spacial score (nSPS) is 10.7. The van der Waals surface area contributed by atoms with E-state index in [1.54, 1.807) is 10.6 Å². The molecule has 0 aliphatic rings. The van der Waals surface area contributed by atoms with Gasteiger partial charge in [-0.15, -0.1) is 0 Å². The maximum Gasteiger partial charge on any atom is 0.257 e. The number of anilines is 1. The van der Waals surface area contributed by atoms with Gasteiger partial charge in [-0.2, -0.15) is 0 Å². The van der Waals surface area contributed by atoms with E-state index in [9.17, 15) is 14.0 Å². The van der Waals surface area contributed by atoms with Crippen LogP contribution in [0.4, 0.5) is 10.3 Å². The molecule has 0 bridgehead atoms. The molecule has 8 heteroatoms. The van der Waals surface area contributed by atoms with E-state index in [2.05, 4.69) is 5.32 Å². The van der Waals surface area contributed by atoms with Crippen molar-refractivity contribution in [3.05, 3.63) is 132 Å². The number of nitrogens with zero attached hydrogens (tertiary/aromatic N) is 3. The summed E-state index contributed by atoms with van der Waals surface area (Å²) in [5.74, 6) is -0.742. The number of carbonyl (C=O) groups is 2. The Bertz CT molecular complexity index is 1640. The van der Waals surface area contributed by atoms with Crippen LogP contribution in [0.2, 0.25) is 0 Å². The Hall–Kier alpha value is -5.24. The van der Waals surface area contributed by atoms with E-state index in [1.807, 2.05) is 98.0 Å². The van der Waals surface area contributed by atoms with Gasteiger partial charge in [0.2, 0.25) is 11.9 Å². The molecule has 0 atom stereocenters. The van der Waals surface area contributed by atoms with Crippen LogP contribution in [0.15, 0.2) is 115 Å². The molecule has 0 spiro atoms. The molecule has 1 aromatic heterocycles. The Morgan fingerprint density at radius 1 is 0.902 bits per heavy atom. The topological polar surface area (TPSA) is 76.5 Å². The van der Waals surface area contributed by atoms with Crippen molar-refractivity contribution in [2.75, 3.05) is 18.5 Å². The Morgan fingerprint density at radius 2 is 1.61 bits per heavy atom. The predicted molar refractivity (Wildman–Crippen MR) is 156 cm³/mol. The second kappa shape index (κ2) is 12.7. The number of hydrogen-bond donors (Lipinski definition) is 1. The number of hydrogen-bond acceptors (Lipinski definition) is 4. The predicted octanol–water partition coefficient (Wildman–Crippen LogP) is 6.36. The van der Waals surface area contributed by atoms with Gasteiger partial charge in [0, 0.05) is 24.4 Å². The third-order valence-corrected chi connectivity index (χ3v) is 6.38. The molecule has 5 rings (SSSR count). The van der Waals surface area contributed by atoms with E-state index < -0.39 is 17.6 Å². The molecular weight excluding hydrogens is 519 g/mol. The number of nitrogens with one attached hydrogen (secondary N) is 1. The molecule has 0 fully saturated rings. The van der Waals surface area contributed by atoms with Crippen molar-refractivity contribution in [2.24, 2.45) is 0 Å². The molecular formula is C33H29FN4O3. The highest BCUT2D eigenvalue weighted by Crippen LogP contribution is 2.26. The fraction of sp³-hybridized carbons (Fsp3) is 0.121. The maximum absolute atomic E-state index is 14.5. The van der Waals surface area contributed by atoms with E-state index in [0.29, 0.717) is 18.1 Å². The van der Waals surface area contributed by atoms with E-state index >= 15 is 0 Å². The molecule has 0 saturated heterocycles. The highest BCUT2D eigenvalue weighted by Gasteiger charge is 2.23. The molecule has 2 amide bonds.